The van der Waals surface area contributed by atoms with Crippen molar-refractivity contribution in [2.24, 2.45) is 0 Å². The largest absolute Gasteiger partial charge is 0.389 e. The zero-order valence-electron chi connectivity index (χ0n) is 11.7. The molecule has 0 amide bonds. The van der Waals surface area contributed by atoms with Crippen molar-refractivity contribution in [2.75, 3.05) is 11.4 Å². The summed E-state index contributed by atoms with van der Waals surface area (Å²) >= 11 is 0. The molecule has 0 saturated carbocycles. The third-order valence-corrected chi connectivity index (χ3v) is 3.86. The van der Waals surface area contributed by atoms with Crippen LogP contribution in [-0.2, 0) is 6.42 Å². The Morgan fingerprint density at radius 2 is 2.00 bits per heavy atom. The summed E-state index contributed by atoms with van der Waals surface area (Å²) in [6, 6.07) is 12.9. The molecular weight excluding hydrogens is 268 g/mol. The van der Waals surface area contributed by atoms with Crippen molar-refractivity contribution < 1.29 is 10.0 Å². The predicted molar refractivity (Wildman–Crippen MR) is 80.9 cm³/mol. The Bertz CT molecular complexity index is 698. The summed E-state index contributed by atoms with van der Waals surface area (Å²) in [5.41, 5.74) is 3.38. The standard InChI is InChI=1S/C16H16N2O3/c1-11(19)13-6-7-15(16(10-13)18(20)21)17-9-8-12-4-2-3-5-14(12)17/h2-7,10-11,19H,8-9H2,1H3. The number of nitrogens with zero attached hydrogens (tertiary/aromatic N) is 2. The van der Waals surface area contributed by atoms with Crippen molar-refractivity contribution in [2.45, 2.75) is 19.4 Å². The predicted octanol–water partition coefficient (Wildman–Crippen LogP) is 3.34. The second kappa shape index (κ2) is 5.18. The lowest BCUT2D eigenvalue weighted by atomic mass is 10.1. The number of benzene rings is 2. The van der Waals surface area contributed by atoms with E-state index in [0.717, 1.165) is 18.7 Å². The zero-order valence-corrected chi connectivity index (χ0v) is 11.7. The summed E-state index contributed by atoms with van der Waals surface area (Å²) in [5.74, 6) is 0. The fourth-order valence-electron chi connectivity index (χ4n) is 2.76. The number of nitro benzene ring substituents is 1. The van der Waals surface area contributed by atoms with Crippen molar-refractivity contribution >= 4 is 17.1 Å². The summed E-state index contributed by atoms with van der Waals surface area (Å²) in [6.07, 6.45) is 0.162. The number of hydrogen-bond donors (Lipinski definition) is 1. The molecule has 21 heavy (non-hydrogen) atoms. The summed E-state index contributed by atoms with van der Waals surface area (Å²) in [5, 5.41) is 21.0. The van der Waals surface area contributed by atoms with E-state index >= 15 is 0 Å². The van der Waals surface area contributed by atoms with E-state index in [2.05, 4.69) is 0 Å². The molecule has 0 bridgehead atoms. The van der Waals surface area contributed by atoms with Crippen LogP contribution in [0.15, 0.2) is 42.5 Å². The number of fused-ring (bicyclic) bond motifs is 1. The van der Waals surface area contributed by atoms with E-state index in [4.69, 9.17) is 0 Å². The number of nitro groups is 1. The van der Waals surface area contributed by atoms with E-state index in [9.17, 15) is 15.2 Å². The van der Waals surface area contributed by atoms with Crippen molar-refractivity contribution in [1.29, 1.82) is 0 Å². The highest BCUT2D eigenvalue weighted by Gasteiger charge is 2.26. The molecule has 0 fully saturated rings. The van der Waals surface area contributed by atoms with Gasteiger partial charge in [-0.15, -0.1) is 0 Å². The molecule has 1 unspecified atom stereocenters. The number of aliphatic hydroxyl groups excluding tert-OH is 1. The Labute approximate surface area is 122 Å². The van der Waals surface area contributed by atoms with Gasteiger partial charge in [-0.25, -0.2) is 0 Å². The van der Waals surface area contributed by atoms with Gasteiger partial charge >= 0.3 is 0 Å². The van der Waals surface area contributed by atoms with Crippen molar-refractivity contribution in [3.63, 3.8) is 0 Å². The number of para-hydroxylation sites is 1. The Morgan fingerprint density at radius 3 is 2.71 bits per heavy atom. The Balaban J connectivity index is 2.09. The monoisotopic (exact) mass is 284 g/mol. The lowest BCUT2D eigenvalue weighted by Gasteiger charge is -2.20. The molecule has 1 aliphatic heterocycles. The molecule has 1 N–H and O–H groups in total. The van der Waals surface area contributed by atoms with Crippen molar-refractivity contribution in [3.8, 4) is 0 Å². The molecule has 2 aromatic rings. The highest BCUT2D eigenvalue weighted by Crippen LogP contribution is 2.40. The Morgan fingerprint density at radius 1 is 1.24 bits per heavy atom. The van der Waals surface area contributed by atoms with Gasteiger partial charge in [0.1, 0.15) is 5.69 Å². The van der Waals surface area contributed by atoms with Gasteiger partial charge in [0.15, 0.2) is 0 Å². The number of rotatable bonds is 3. The van der Waals surface area contributed by atoms with Crippen LogP contribution in [0.3, 0.4) is 0 Å². The molecule has 2 aromatic carbocycles. The molecule has 0 radical (unpaired) electrons. The quantitative estimate of drug-likeness (QED) is 0.693. The molecule has 0 saturated heterocycles. The van der Waals surface area contributed by atoms with E-state index in [0.29, 0.717) is 11.3 Å². The van der Waals surface area contributed by atoms with Crippen LogP contribution in [0.5, 0.6) is 0 Å². The summed E-state index contributed by atoms with van der Waals surface area (Å²) < 4.78 is 0. The molecule has 0 aromatic heterocycles. The molecule has 5 nitrogen and oxygen atoms in total. The Kier molecular flexibility index (Phi) is 3.35. The average Bonchev–Trinajstić information content (AvgIpc) is 2.90. The van der Waals surface area contributed by atoms with Crippen molar-refractivity contribution in [1.82, 2.24) is 0 Å². The van der Waals surface area contributed by atoms with Crippen LogP contribution in [0.25, 0.3) is 0 Å². The van der Waals surface area contributed by atoms with Crippen LogP contribution in [0.1, 0.15) is 24.2 Å². The molecule has 3 rings (SSSR count). The van der Waals surface area contributed by atoms with Gasteiger partial charge in [-0.05, 0) is 36.6 Å². The molecule has 108 valence electrons. The topological polar surface area (TPSA) is 66.6 Å². The first-order valence-corrected chi connectivity index (χ1v) is 6.90. The lowest BCUT2D eigenvalue weighted by Crippen LogP contribution is -2.15. The van der Waals surface area contributed by atoms with E-state index in [-0.39, 0.29) is 10.6 Å². The van der Waals surface area contributed by atoms with Crippen LogP contribution in [0, 0.1) is 10.1 Å². The number of aliphatic hydroxyl groups is 1. The fraction of sp³-hybridized carbons (Fsp3) is 0.250. The van der Waals surface area contributed by atoms with E-state index in [1.807, 2.05) is 29.2 Å². The van der Waals surface area contributed by atoms with Gasteiger partial charge in [0.05, 0.1) is 11.0 Å². The third kappa shape index (κ3) is 2.36. The molecule has 0 spiro atoms. The molecular formula is C16H16N2O3. The molecule has 1 atom stereocenters. The first-order chi connectivity index (χ1) is 10.1. The van der Waals surface area contributed by atoms with Crippen LogP contribution in [0.2, 0.25) is 0 Å². The Hall–Kier alpha value is -2.40. The maximum absolute atomic E-state index is 11.4. The number of anilines is 2. The summed E-state index contributed by atoms with van der Waals surface area (Å²) in [4.78, 5) is 12.9. The maximum Gasteiger partial charge on any atom is 0.293 e. The van der Waals surface area contributed by atoms with E-state index in [1.54, 1.807) is 19.1 Å². The average molecular weight is 284 g/mol. The smallest absolute Gasteiger partial charge is 0.293 e. The van der Waals surface area contributed by atoms with Crippen LogP contribution in [0.4, 0.5) is 17.1 Å². The minimum Gasteiger partial charge on any atom is -0.389 e. The van der Waals surface area contributed by atoms with Gasteiger partial charge < -0.3 is 10.0 Å². The minimum atomic E-state index is -0.719. The molecule has 1 aliphatic rings. The minimum absolute atomic E-state index is 0.0325. The maximum atomic E-state index is 11.4. The SMILES string of the molecule is CC(O)c1ccc(N2CCc3ccccc32)c([N+](=O)[O-])c1. The second-order valence-corrected chi connectivity index (χ2v) is 5.21. The molecule has 0 aliphatic carbocycles. The van der Waals surface area contributed by atoms with E-state index < -0.39 is 6.10 Å². The summed E-state index contributed by atoms with van der Waals surface area (Å²) in [6.45, 7) is 2.33. The van der Waals surface area contributed by atoms with E-state index in [1.165, 1.54) is 11.6 Å². The lowest BCUT2D eigenvalue weighted by molar-refractivity contribution is -0.384. The summed E-state index contributed by atoms with van der Waals surface area (Å²) in [7, 11) is 0. The third-order valence-electron chi connectivity index (χ3n) is 3.86. The van der Waals surface area contributed by atoms with Gasteiger partial charge in [-0.2, -0.15) is 0 Å². The van der Waals surface area contributed by atoms with Gasteiger partial charge in [0, 0.05) is 18.3 Å². The second-order valence-electron chi connectivity index (χ2n) is 5.21. The highest BCUT2D eigenvalue weighted by molar-refractivity contribution is 5.76. The van der Waals surface area contributed by atoms with Crippen LogP contribution >= 0.6 is 0 Å². The first-order valence-electron chi connectivity index (χ1n) is 6.90. The van der Waals surface area contributed by atoms with Gasteiger partial charge in [0.25, 0.3) is 5.69 Å². The fourth-order valence-corrected chi connectivity index (χ4v) is 2.76. The number of hydrogen-bond acceptors (Lipinski definition) is 4. The molecule has 1 heterocycles. The van der Waals surface area contributed by atoms with Gasteiger partial charge in [-0.3, -0.25) is 10.1 Å². The highest BCUT2D eigenvalue weighted by atomic mass is 16.6. The van der Waals surface area contributed by atoms with Crippen LogP contribution < -0.4 is 4.90 Å². The van der Waals surface area contributed by atoms with Crippen LogP contribution in [-0.4, -0.2) is 16.6 Å². The molecule has 5 heteroatoms. The van der Waals surface area contributed by atoms with Crippen molar-refractivity contribution in [3.05, 3.63) is 63.7 Å². The van der Waals surface area contributed by atoms with Gasteiger partial charge in [-0.1, -0.05) is 24.3 Å². The van der Waals surface area contributed by atoms with Gasteiger partial charge in [0.2, 0.25) is 0 Å². The zero-order chi connectivity index (χ0) is 15.0. The normalized spacial score (nSPS) is 14.9. The first kappa shape index (κ1) is 13.6.